The van der Waals surface area contributed by atoms with Crippen molar-refractivity contribution in [2.75, 3.05) is 19.0 Å². The van der Waals surface area contributed by atoms with Gasteiger partial charge in [-0.2, -0.15) is 5.10 Å². The van der Waals surface area contributed by atoms with E-state index in [0.29, 0.717) is 22.6 Å². The molecule has 0 spiro atoms. The number of rotatable bonds is 8. The summed E-state index contributed by atoms with van der Waals surface area (Å²) in [7, 11) is 1.27. The summed E-state index contributed by atoms with van der Waals surface area (Å²) < 4.78 is 12.7. The molecule has 13 nitrogen and oxygen atoms in total. The zero-order valence-electron chi connectivity index (χ0n) is 19.0. The second-order valence-corrected chi connectivity index (χ2v) is 7.35. The van der Waals surface area contributed by atoms with Crippen molar-refractivity contribution in [1.82, 2.24) is 24.4 Å². The third-order valence-electron chi connectivity index (χ3n) is 5.17. The molecule has 1 N–H and O–H groups in total. The van der Waals surface area contributed by atoms with Crippen LogP contribution >= 0.6 is 0 Å². The number of carbonyl (C=O) groups is 2. The number of benzene rings is 1. The lowest BCUT2D eigenvalue weighted by Gasteiger charge is -2.13. The molecule has 0 aliphatic heterocycles. The van der Waals surface area contributed by atoms with E-state index >= 15 is 0 Å². The molecule has 1 unspecified atom stereocenters. The van der Waals surface area contributed by atoms with Crippen LogP contribution in [0.4, 0.5) is 11.4 Å². The summed E-state index contributed by atoms with van der Waals surface area (Å²) in [6, 6.07) is 7.88. The van der Waals surface area contributed by atoms with Crippen LogP contribution in [0.5, 0.6) is 5.88 Å². The van der Waals surface area contributed by atoms with Crippen LogP contribution in [0.15, 0.2) is 48.9 Å². The number of carbonyl (C=O) groups excluding carboxylic acids is 2. The van der Waals surface area contributed by atoms with E-state index in [9.17, 15) is 19.7 Å². The second kappa shape index (κ2) is 9.59. The molecule has 0 saturated carbocycles. The average Bonchev–Trinajstić information content (AvgIpc) is 3.48. The number of hydrogen-bond acceptors (Lipinski definition) is 9. The van der Waals surface area contributed by atoms with Crippen LogP contribution < -0.4 is 10.1 Å². The van der Waals surface area contributed by atoms with E-state index < -0.39 is 22.8 Å². The fraction of sp³-hybridized carbons (Fsp3) is 0.227. The first-order valence-electron chi connectivity index (χ1n) is 10.5. The molecule has 3 heterocycles. The fourth-order valence-corrected chi connectivity index (χ4v) is 3.42. The first-order chi connectivity index (χ1) is 16.8. The Morgan fingerprint density at radius 2 is 2.09 bits per heavy atom. The van der Waals surface area contributed by atoms with Gasteiger partial charge in [-0.25, -0.2) is 19.0 Å². The number of amides is 1. The molecule has 180 valence electrons. The Morgan fingerprint density at radius 3 is 2.77 bits per heavy atom. The summed E-state index contributed by atoms with van der Waals surface area (Å²) >= 11 is 0. The van der Waals surface area contributed by atoms with Gasteiger partial charge in [0.1, 0.15) is 17.8 Å². The minimum absolute atomic E-state index is 0.181. The Hall–Kier alpha value is -4.81. The molecule has 0 saturated heterocycles. The minimum atomic E-state index is -0.855. The highest BCUT2D eigenvalue weighted by Crippen LogP contribution is 2.27. The summed E-state index contributed by atoms with van der Waals surface area (Å²) in [6.07, 6.45) is 4.10. The van der Waals surface area contributed by atoms with Gasteiger partial charge in [0.25, 0.3) is 0 Å². The molecular weight excluding hydrogens is 458 g/mol. The van der Waals surface area contributed by atoms with Gasteiger partial charge in [0.15, 0.2) is 5.65 Å². The zero-order valence-corrected chi connectivity index (χ0v) is 19.0. The van der Waals surface area contributed by atoms with E-state index in [1.807, 2.05) is 6.07 Å². The number of nitro groups is 1. The van der Waals surface area contributed by atoms with Gasteiger partial charge in [-0.15, -0.1) is 5.10 Å². The molecule has 4 rings (SSSR count). The van der Waals surface area contributed by atoms with Crippen molar-refractivity contribution >= 4 is 28.9 Å². The molecule has 1 amide bonds. The first kappa shape index (κ1) is 23.4. The summed E-state index contributed by atoms with van der Waals surface area (Å²) in [6.45, 7) is 3.50. The number of nitrogens with zero attached hydrogens (tertiary/aromatic N) is 6. The van der Waals surface area contributed by atoms with Gasteiger partial charge in [0.2, 0.25) is 5.91 Å². The number of methoxy groups -OCH3 is 1. The van der Waals surface area contributed by atoms with Gasteiger partial charge in [0.05, 0.1) is 30.5 Å². The van der Waals surface area contributed by atoms with Crippen molar-refractivity contribution in [3.63, 3.8) is 0 Å². The normalized spacial score (nSPS) is 11.7. The van der Waals surface area contributed by atoms with Gasteiger partial charge in [0, 0.05) is 17.4 Å². The third-order valence-corrected chi connectivity index (χ3v) is 5.17. The molecule has 1 atom stereocenters. The smallest absolute Gasteiger partial charge is 0.350 e. The molecule has 0 radical (unpaired) electrons. The molecule has 13 heteroatoms. The summed E-state index contributed by atoms with van der Waals surface area (Å²) in [5.74, 6) is -1.14. The van der Waals surface area contributed by atoms with Crippen LogP contribution in [-0.2, 0) is 9.53 Å². The summed E-state index contributed by atoms with van der Waals surface area (Å²) in [4.78, 5) is 39.8. The number of hydrogen-bond donors (Lipinski definition) is 1. The predicted octanol–water partition coefficient (Wildman–Crippen LogP) is 2.89. The van der Waals surface area contributed by atoms with Gasteiger partial charge in [-0.1, -0.05) is 12.1 Å². The maximum Gasteiger partial charge on any atom is 0.350 e. The Labute approximate surface area is 198 Å². The standard InChI is InChI=1S/C22H21N7O6/c1-4-35-22(31)16-11-24-28-17(8-9-23-19(16)28)14-6-5-7-15(10-14)25-20(30)13(2)27-12-18(29(32)33)21(26-27)34-3/h5-13H,4H2,1-3H3,(H,25,30). The van der Waals surface area contributed by atoms with Crippen LogP contribution in [0.25, 0.3) is 16.9 Å². The zero-order chi connectivity index (χ0) is 25.1. The van der Waals surface area contributed by atoms with Crippen molar-refractivity contribution < 1.29 is 24.0 Å². The highest BCUT2D eigenvalue weighted by atomic mass is 16.6. The SMILES string of the molecule is CCOC(=O)c1cnn2c(-c3cccc(NC(=O)C(C)n4cc([N+](=O)[O-])c(OC)n4)c3)ccnc12. The maximum atomic E-state index is 12.8. The Balaban J connectivity index is 1.59. The molecule has 0 bridgehead atoms. The Kier molecular flexibility index (Phi) is 6.40. The predicted molar refractivity (Wildman–Crippen MR) is 123 cm³/mol. The van der Waals surface area contributed by atoms with Crippen LogP contribution in [0, 0.1) is 10.1 Å². The topological polar surface area (TPSA) is 156 Å². The highest BCUT2D eigenvalue weighted by Gasteiger charge is 2.25. The van der Waals surface area contributed by atoms with Crippen LogP contribution in [-0.4, -0.2) is 54.9 Å². The second-order valence-electron chi connectivity index (χ2n) is 7.35. The minimum Gasteiger partial charge on any atom is -0.475 e. The van der Waals surface area contributed by atoms with Crippen LogP contribution in [0.2, 0.25) is 0 Å². The van der Waals surface area contributed by atoms with Crippen LogP contribution in [0.1, 0.15) is 30.2 Å². The molecule has 0 aliphatic carbocycles. The third kappa shape index (κ3) is 4.51. The molecule has 4 aromatic rings. The van der Waals surface area contributed by atoms with E-state index in [4.69, 9.17) is 9.47 Å². The monoisotopic (exact) mass is 479 g/mol. The molecule has 0 aliphatic rings. The number of nitrogens with one attached hydrogen (secondary N) is 1. The lowest BCUT2D eigenvalue weighted by molar-refractivity contribution is -0.385. The maximum absolute atomic E-state index is 12.8. The van der Waals surface area contributed by atoms with Crippen molar-refractivity contribution in [1.29, 1.82) is 0 Å². The van der Waals surface area contributed by atoms with Gasteiger partial charge in [-0.05, 0) is 32.0 Å². The fourth-order valence-electron chi connectivity index (χ4n) is 3.42. The highest BCUT2D eigenvalue weighted by molar-refractivity contribution is 5.96. The first-order valence-corrected chi connectivity index (χ1v) is 10.5. The number of aromatic nitrogens is 5. The summed E-state index contributed by atoms with van der Waals surface area (Å²) in [5.41, 5.74) is 2.09. The average molecular weight is 479 g/mol. The van der Waals surface area contributed by atoms with Crippen molar-refractivity contribution in [3.05, 3.63) is 64.6 Å². The molecule has 1 aromatic carbocycles. The van der Waals surface area contributed by atoms with Gasteiger partial charge in [-0.3, -0.25) is 14.9 Å². The molecule has 0 fully saturated rings. The van der Waals surface area contributed by atoms with Gasteiger partial charge < -0.3 is 14.8 Å². The van der Waals surface area contributed by atoms with Gasteiger partial charge >= 0.3 is 17.5 Å². The van der Waals surface area contributed by atoms with Crippen molar-refractivity contribution in [3.8, 4) is 17.1 Å². The Morgan fingerprint density at radius 1 is 1.29 bits per heavy atom. The van der Waals surface area contributed by atoms with Crippen LogP contribution in [0.3, 0.4) is 0 Å². The van der Waals surface area contributed by atoms with E-state index in [1.54, 1.807) is 44.3 Å². The van der Waals surface area contributed by atoms with Crippen molar-refractivity contribution in [2.45, 2.75) is 19.9 Å². The Bertz CT molecular complexity index is 1430. The summed E-state index contributed by atoms with van der Waals surface area (Å²) in [5, 5.41) is 22.2. The molecule has 35 heavy (non-hydrogen) atoms. The lowest BCUT2D eigenvalue weighted by atomic mass is 10.1. The lowest BCUT2D eigenvalue weighted by Crippen LogP contribution is -2.24. The number of anilines is 1. The number of ether oxygens (including phenoxy) is 2. The number of esters is 1. The van der Waals surface area contributed by atoms with Crippen molar-refractivity contribution in [2.24, 2.45) is 0 Å². The molecule has 3 aromatic heterocycles. The number of fused-ring (bicyclic) bond motifs is 1. The molecular formula is C22H21N7O6. The van der Waals surface area contributed by atoms with E-state index in [-0.39, 0.29) is 23.7 Å². The van der Waals surface area contributed by atoms with E-state index in [1.165, 1.54) is 22.5 Å². The quantitative estimate of drug-likeness (QED) is 0.228. The largest absolute Gasteiger partial charge is 0.475 e. The van der Waals surface area contributed by atoms with E-state index in [2.05, 4.69) is 20.5 Å². The van der Waals surface area contributed by atoms with E-state index in [0.717, 1.165) is 6.20 Å².